The zero-order chi connectivity index (χ0) is 9.92. The molecule has 2 unspecified atom stereocenters. The fourth-order valence-corrected chi connectivity index (χ4v) is 3.03. The molecule has 0 spiro atoms. The Morgan fingerprint density at radius 1 is 1.33 bits per heavy atom. The number of likely N-dealkylation sites (tertiary alicyclic amines) is 1. The van der Waals surface area contributed by atoms with Gasteiger partial charge in [0.05, 0.1) is 6.04 Å². The maximum Gasteiger partial charge on any atom is 0.239 e. The molecule has 1 aliphatic carbocycles. The van der Waals surface area contributed by atoms with Crippen LogP contribution in [0.1, 0.15) is 20.3 Å². The lowest BCUT2D eigenvalue weighted by molar-refractivity contribution is -0.135. The number of rotatable bonds is 1. The minimum Gasteiger partial charge on any atom is -0.341 e. The van der Waals surface area contributed by atoms with Crippen LogP contribution in [0.2, 0.25) is 0 Å². The standard InChI is InChI=1S/C11H18N2O.ClH/c1-11(2)7-5-13(6-8(7)11)10(14)9-3-4-12-9;/h7-9,12H,3-6H2,1-2H3;1H/t7?,8?,9-;/m1./s1. The summed E-state index contributed by atoms with van der Waals surface area (Å²) >= 11 is 0. The summed E-state index contributed by atoms with van der Waals surface area (Å²) in [5.74, 6) is 1.91. The van der Waals surface area contributed by atoms with Crippen molar-refractivity contribution < 1.29 is 4.79 Å². The second-order valence-electron chi connectivity index (χ2n) is 5.57. The maximum absolute atomic E-state index is 11.9. The molecule has 15 heavy (non-hydrogen) atoms. The fraction of sp³-hybridized carbons (Fsp3) is 0.909. The van der Waals surface area contributed by atoms with Gasteiger partial charge in [-0.2, -0.15) is 0 Å². The first-order valence-corrected chi connectivity index (χ1v) is 5.63. The highest BCUT2D eigenvalue weighted by atomic mass is 35.5. The van der Waals surface area contributed by atoms with E-state index in [1.165, 1.54) is 0 Å². The molecule has 4 heteroatoms. The van der Waals surface area contributed by atoms with E-state index in [1.807, 2.05) is 0 Å². The van der Waals surface area contributed by atoms with Gasteiger partial charge in [-0.3, -0.25) is 4.79 Å². The van der Waals surface area contributed by atoms with E-state index in [1.54, 1.807) is 0 Å². The van der Waals surface area contributed by atoms with Crippen LogP contribution in [-0.2, 0) is 4.79 Å². The molecule has 0 bridgehead atoms. The molecule has 3 rings (SSSR count). The van der Waals surface area contributed by atoms with Gasteiger partial charge in [-0.25, -0.2) is 0 Å². The summed E-state index contributed by atoms with van der Waals surface area (Å²) < 4.78 is 0. The summed E-state index contributed by atoms with van der Waals surface area (Å²) in [6.45, 7) is 7.68. The summed E-state index contributed by atoms with van der Waals surface area (Å²) in [6, 6.07) is 0.149. The number of hydrogen-bond donors (Lipinski definition) is 1. The van der Waals surface area contributed by atoms with E-state index in [2.05, 4.69) is 24.1 Å². The average molecular weight is 231 g/mol. The Labute approximate surface area is 97.0 Å². The normalized spacial score (nSPS) is 40.1. The number of piperidine rings is 1. The van der Waals surface area contributed by atoms with Crippen LogP contribution < -0.4 is 5.32 Å². The number of nitrogens with one attached hydrogen (secondary N) is 1. The van der Waals surface area contributed by atoms with Crippen LogP contribution in [0.4, 0.5) is 0 Å². The van der Waals surface area contributed by atoms with Gasteiger partial charge in [-0.1, -0.05) is 13.8 Å². The molecule has 2 heterocycles. The van der Waals surface area contributed by atoms with E-state index >= 15 is 0 Å². The van der Waals surface area contributed by atoms with Gasteiger partial charge in [0.15, 0.2) is 0 Å². The van der Waals surface area contributed by atoms with E-state index < -0.39 is 0 Å². The van der Waals surface area contributed by atoms with Gasteiger partial charge >= 0.3 is 0 Å². The Balaban J connectivity index is 0.000000853. The van der Waals surface area contributed by atoms with Gasteiger partial charge in [-0.05, 0) is 30.2 Å². The molecule has 0 aromatic rings. The molecule has 3 aliphatic rings. The minimum atomic E-state index is 0. The number of halogens is 1. The molecule has 1 N–H and O–H groups in total. The third-order valence-electron chi connectivity index (χ3n) is 4.56. The summed E-state index contributed by atoms with van der Waals surface area (Å²) in [5, 5.41) is 3.18. The molecule has 1 saturated carbocycles. The first-order valence-electron chi connectivity index (χ1n) is 5.63. The third kappa shape index (κ3) is 1.48. The van der Waals surface area contributed by atoms with Crippen LogP contribution in [0.15, 0.2) is 0 Å². The van der Waals surface area contributed by atoms with E-state index in [-0.39, 0.29) is 18.4 Å². The summed E-state index contributed by atoms with van der Waals surface area (Å²) in [7, 11) is 0. The van der Waals surface area contributed by atoms with Crippen molar-refractivity contribution in [2.45, 2.75) is 26.3 Å². The SMILES string of the molecule is CC1(C)C2CN(C(=O)[C@H]3CCN3)CC21.Cl. The number of nitrogens with zero attached hydrogens (tertiary/aromatic N) is 1. The summed E-state index contributed by atoms with van der Waals surface area (Å²) in [6.07, 6.45) is 1.04. The Morgan fingerprint density at radius 3 is 2.27 bits per heavy atom. The van der Waals surface area contributed by atoms with E-state index in [0.717, 1.165) is 37.9 Å². The van der Waals surface area contributed by atoms with Crippen molar-refractivity contribution in [1.29, 1.82) is 0 Å². The van der Waals surface area contributed by atoms with Gasteiger partial charge < -0.3 is 10.2 Å². The molecule has 0 radical (unpaired) electrons. The van der Waals surface area contributed by atoms with Crippen LogP contribution >= 0.6 is 12.4 Å². The highest BCUT2D eigenvalue weighted by Crippen LogP contribution is 2.61. The topological polar surface area (TPSA) is 32.3 Å². The Morgan fingerprint density at radius 2 is 1.87 bits per heavy atom. The smallest absolute Gasteiger partial charge is 0.239 e. The average Bonchev–Trinajstić information content (AvgIpc) is 2.48. The zero-order valence-corrected chi connectivity index (χ0v) is 10.1. The third-order valence-corrected chi connectivity index (χ3v) is 4.56. The van der Waals surface area contributed by atoms with Gasteiger partial charge in [0.25, 0.3) is 0 Å². The summed E-state index contributed by atoms with van der Waals surface area (Å²) in [5.41, 5.74) is 0.518. The second kappa shape index (κ2) is 3.36. The lowest BCUT2D eigenvalue weighted by atomic mass is 10.0. The monoisotopic (exact) mass is 230 g/mol. The van der Waals surface area contributed by atoms with Gasteiger partial charge in [0.2, 0.25) is 5.91 Å². The largest absolute Gasteiger partial charge is 0.341 e. The molecule has 3 atom stereocenters. The van der Waals surface area contributed by atoms with E-state index in [0.29, 0.717) is 11.3 Å². The number of carbonyl (C=O) groups excluding carboxylic acids is 1. The van der Waals surface area contributed by atoms with Crippen LogP contribution in [0.3, 0.4) is 0 Å². The number of amides is 1. The molecule has 86 valence electrons. The van der Waals surface area contributed by atoms with Crippen LogP contribution in [0, 0.1) is 17.3 Å². The van der Waals surface area contributed by atoms with Crippen molar-refractivity contribution in [3.63, 3.8) is 0 Å². The lowest BCUT2D eigenvalue weighted by Crippen LogP contribution is -2.54. The first-order chi connectivity index (χ1) is 6.60. The molecule has 3 fully saturated rings. The van der Waals surface area contributed by atoms with Crippen molar-refractivity contribution in [3.8, 4) is 0 Å². The molecule has 2 saturated heterocycles. The van der Waals surface area contributed by atoms with Crippen LogP contribution in [-0.4, -0.2) is 36.5 Å². The molecule has 1 amide bonds. The maximum atomic E-state index is 11.9. The Kier molecular flexibility index (Phi) is 2.51. The number of fused-ring (bicyclic) bond motifs is 1. The molecule has 3 nitrogen and oxygen atoms in total. The molecule has 0 aromatic carbocycles. The quantitative estimate of drug-likeness (QED) is 0.726. The predicted molar refractivity (Wildman–Crippen MR) is 61.0 cm³/mol. The van der Waals surface area contributed by atoms with Gasteiger partial charge in [-0.15, -0.1) is 12.4 Å². The van der Waals surface area contributed by atoms with Gasteiger partial charge in [0.1, 0.15) is 0 Å². The molecular weight excluding hydrogens is 212 g/mol. The van der Waals surface area contributed by atoms with Crippen molar-refractivity contribution in [1.82, 2.24) is 10.2 Å². The van der Waals surface area contributed by atoms with Crippen molar-refractivity contribution in [2.24, 2.45) is 17.3 Å². The predicted octanol–water partition coefficient (Wildman–Crippen LogP) is 0.884. The highest BCUT2D eigenvalue weighted by Gasteiger charge is 2.62. The Bertz CT molecular complexity index is 274. The van der Waals surface area contributed by atoms with Crippen molar-refractivity contribution in [3.05, 3.63) is 0 Å². The zero-order valence-electron chi connectivity index (χ0n) is 9.32. The second-order valence-corrected chi connectivity index (χ2v) is 5.57. The molecule has 2 aliphatic heterocycles. The van der Waals surface area contributed by atoms with Crippen LogP contribution in [0.5, 0.6) is 0 Å². The lowest BCUT2D eigenvalue weighted by Gasteiger charge is -2.32. The molecule has 0 aromatic heterocycles. The van der Waals surface area contributed by atoms with Crippen LogP contribution in [0.25, 0.3) is 0 Å². The van der Waals surface area contributed by atoms with E-state index in [9.17, 15) is 4.79 Å². The number of hydrogen-bond acceptors (Lipinski definition) is 2. The fourth-order valence-electron chi connectivity index (χ4n) is 3.03. The Hall–Kier alpha value is -0.280. The number of carbonyl (C=O) groups is 1. The van der Waals surface area contributed by atoms with Crippen molar-refractivity contribution >= 4 is 18.3 Å². The highest BCUT2D eigenvalue weighted by molar-refractivity contribution is 5.85. The summed E-state index contributed by atoms with van der Waals surface area (Å²) in [4.78, 5) is 13.9. The first kappa shape index (κ1) is 11.2. The van der Waals surface area contributed by atoms with E-state index in [4.69, 9.17) is 0 Å². The molecular formula is C11H19ClN2O. The van der Waals surface area contributed by atoms with Crippen molar-refractivity contribution in [2.75, 3.05) is 19.6 Å². The van der Waals surface area contributed by atoms with Gasteiger partial charge in [0, 0.05) is 13.1 Å². The minimum absolute atomic E-state index is 0.